The lowest BCUT2D eigenvalue weighted by molar-refractivity contribution is 0.101. The highest BCUT2D eigenvalue weighted by Gasteiger charge is 2.34. The van der Waals surface area contributed by atoms with Crippen molar-refractivity contribution >= 4 is 29.1 Å². The molecule has 7 nitrogen and oxygen atoms in total. The maximum atomic E-state index is 12.8. The van der Waals surface area contributed by atoms with Crippen molar-refractivity contribution in [1.82, 2.24) is 0 Å². The SMILES string of the molecule is COc1cc(OC)c(N2COc3ccc4c(c3C2)O/C(=C\c2ccco2)C4=O)cc1Cl. The predicted molar refractivity (Wildman–Crippen MR) is 114 cm³/mol. The van der Waals surface area contributed by atoms with Crippen LogP contribution in [0.1, 0.15) is 21.7 Å². The molecule has 1 aromatic heterocycles. The lowest BCUT2D eigenvalue weighted by Gasteiger charge is -2.32. The predicted octanol–water partition coefficient (Wildman–Crippen LogP) is 4.92. The molecule has 0 N–H and O–H groups in total. The number of anilines is 1. The number of Topliss-reactive ketones (excluding diaryl/α,β-unsaturated/α-hetero) is 1. The zero-order chi connectivity index (χ0) is 21.5. The topological polar surface area (TPSA) is 70.4 Å². The van der Waals surface area contributed by atoms with Crippen LogP contribution in [0.3, 0.4) is 0 Å². The fraction of sp³-hybridized carbons (Fsp3) is 0.174. The van der Waals surface area contributed by atoms with Crippen LogP contribution < -0.4 is 23.8 Å². The largest absolute Gasteiger partial charge is 0.495 e. The number of hydrogen-bond acceptors (Lipinski definition) is 7. The number of ether oxygens (including phenoxy) is 4. The number of hydrogen-bond donors (Lipinski definition) is 0. The van der Waals surface area contributed by atoms with Crippen molar-refractivity contribution in [3.63, 3.8) is 0 Å². The molecule has 3 aromatic rings. The Kier molecular flexibility index (Phi) is 4.75. The molecule has 3 heterocycles. The van der Waals surface area contributed by atoms with Crippen LogP contribution in [0.15, 0.2) is 52.8 Å². The Morgan fingerprint density at radius 3 is 2.71 bits per heavy atom. The first-order chi connectivity index (χ1) is 15.1. The second-order valence-electron chi connectivity index (χ2n) is 7.00. The smallest absolute Gasteiger partial charge is 0.232 e. The van der Waals surface area contributed by atoms with E-state index in [0.29, 0.717) is 45.9 Å². The fourth-order valence-corrected chi connectivity index (χ4v) is 3.94. The first-order valence-electron chi connectivity index (χ1n) is 9.52. The van der Waals surface area contributed by atoms with E-state index in [-0.39, 0.29) is 18.3 Å². The molecule has 8 heteroatoms. The van der Waals surface area contributed by atoms with Gasteiger partial charge in [0.05, 0.1) is 48.9 Å². The van der Waals surface area contributed by atoms with Crippen LogP contribution in [0.25, 0.3) is 6.08 Å². The van der Waals surface area contributed by atoms with Crippen molar-refractivity contribution in [3.05, 3.63) is 70.3 Å². The minimum Gasteiger partial charge on any atom is -0.495 e. The summed E-state index contributed by atoms with van der Waals surface area (Å²) < 4.78 is 28.0. The molecule has 5 rings (SSSR count). The third-order valence-corrected chi connectivity index (χ3v) is 5.53. The summed E-state index contributed by atoms with van der Waals surface area (Å²) >= 11 is 6.34. The number of ketones is 1. The van der Waals surface area contributed by atoms with Gasteiger partial charge in [0, 0.05) is 12.1 Å². The molecule has 0 spiro atoms. The van der Waals surface area contributed by atoms with Gasteiger partial charge in [0.2, 0.25) is 5.78 Å². The second-order valence-corrected chi connectivity index (χ2v) is 7.41. The van der Waals surface area contributed by atoms with Crippen molar-refractivity contribution in [1.29, 1.82) is 0 Å². The molecule has 0 aliphatic carbocycles. The number of fused-ring (bicyclic) bond motifs is 3. The molecule has 0 bridgehead atoms. The van der Waals surface area contributed by atoms with E-state index in [4.69, 9.17) is 35.0 Å². The molecule has 0 atom stereocenters. The number of benzene rings is 2. The van der Waals surface area contributed by atoms with E-state index in [1.807, 2.05) is 4.90 Å². The Balaban J connectivity index is 1.51. The Morgan fingerprint density at radius 2 is 1.97 bits per heavy atom. The van der Waals surface area contributed by atoms with Gasteiger partial charge in [0.15, 0.2) is 12.5 Å². The van der Waals surface area contributed by atoms with E-state index < -0.39 is 0 Å². The van der Waals surface area contributed by atoms with E-state index in [9.17, 15) is 4.79 Å². The highest BCUT2D eigenvalue weighted by atomic mass is 35.5. The van der Waals surface area contributed by atoms with Gasteiger partial charge in [-0.1, -0.05) is 11.6 Å². The van der Waals surface area contributed by atoms with Crippen molar-refractivity contribution in [2.24, 2.45) is 0 Å². The number of halogens is 1. The Labute approximate surface area is 183 Å². The van der Waals surface area contributed by atoms with Gasteiger partial charge in [0.25, 0.3) is 0 Å². The fourth-order valence-electron chi connectivity index (χ4n) is 3.71. The minimum absolute atomic E-state index is 0.198. The molecule has 0 fully saturated rings. The average molecular weight is 440 g/mol. The molecule has 2 aliphatic rings. The molecule has 0 radical (unpaired) electrons. The van der Waals surface area contributed by atoms with Gasteiger partial charge in [-0.2, -0.15) is 0 Å². The summed E-state index contributed by atoms with van der Waals surface area (Å²) in [4.78, 5) is 14.8. The van der Waals surface area contributed by atoms with Gasteiger partial charge < -0.3 is 28.3 Å². The molecule has 0 saturated carbocycles. The maximum Gasteiger partial charge on any atom is 0.232 e. The van der Waals surface area contributed by atoms with E-state index in [1.54, 1.807) is 63.0 Å². The Morgan fingerprint density at radius 1 is 1.13 bits per heavy atom. The molecule has 0 unspecified atom stereocenters. The van der Waals surface area contributed by atoms with Crippen molar-refractivity contribution in [2.75, 3.05) is 25.9 Å². The Bertz CT molecular complexity index is 1200. The minimum atomic E-state index is -0.198. The number of carbonyl (C=O) groups excluding carboxylic acids is 1. The number of furan rings is 1. The van der Waals surface area contributed by atoms with Crippen LogP contribution in [0.5, 0.6) is 23.0 Å². The quantitative estimate of drug-likeness (QED) is 0.534. The van der Waals surface area contributed by atoms with Crippen molar-refractivity contribution in [3.8, 4) is 23.0 Å². The molecular formula is C23H18ClNO6. The molecule has 2 aromatic carbocycles. The van der Waals surface area contributed by atoms with Crippen LogP contribution >= 0.6 is 11.6 Å². The lowest BCUT2D eigenvalue weighted by atomic mass is 10.0. The van der Waals surface area contributed by atoms with E-state index in [0.717, 1.165) is 11.3 Å². The summed E-state index contributed by atoms with van der Waals surface area (Å²) in [6.45, 7) is 0.729. The first-order valence-corrected chi connectivity index (χ1v) is 9.89. The van der Waals surface area contributed by atoms with Crippen LogP contribution in [-0.4, -0.2) is 26.7 Å². The summed E-state index contributed by atoms with van der Waals surface area (Å²) in [6.07, 6.45) is 3.13. The van der Waals surface area contributed by atoms with Gasteiger partial charge in [-0.05, 0) is 30.3 Å². The molecule has 2 aliphatic heterocycles. The van der Waals surface area contributed by atoms with Gasteiger partial charge in [-0.3, -0.25) is 4.79 Å². The van der Waals surface area contributed by atoms with Crippen LogP contribution in [0.4, 0.5) is 5.69 Å². The summed E-state index contributed by atoms with van der Waals surface area (Å²) in [5.41, 5.74) is 2.00. The monoisotopic (exact) mass is 439 g/mol. The van der Waals surface area contributed by atoms with Crippen LogP contribution in [0.2, 0.25) is 5.02 Å². The summed E-state index contributed by atoms with van der Waals surface area (Å²) in [6, 6.07) is 10.5. The summed E-state index contributed by atoms with van der Waals surface area (Å²) in [7, 11) is 3.13. The second kappa shape index (κ2) is 7.59. The molecule has 0 saturated heterocycles. The molecule has 0 amide bonds. The average Bonchev–Trinajstić information content (AvgIpc) is 3.41. The normalized spacial score (nSPS) is 15.9. The van der Waals surface area contributed by atoms with Crippen molar-refractivity contribution in [2.45, 2.75) is 6.54 Å². The molecule has 158 valence electrons. The maximum absolute atomic E-state index is 12.8. The summed E-state index contributed by atoms with van der Waals surface area (Å²) in [5, 5.41) is 0.456. The number of nitrogens with zero attached hydrogens (tertiary/aromatic N) is 1. The molecular weight excluding hydrogens is 422 g/mol. The third kappa shape index (κ3) is 3.27. The zero-order valence-corrected chi connectivity index (χ0v) is 17.6. The van der Waals surface area contributed by atoms with Crippen molar-refractivity contribution < 1.29 is 28.2 Å². The van der Waals surface area contributed by atoms with Crippen LogP contribution in [-0.2, 0) is 6.54 Å². The van der Waals surface area contributed by atoms with E-state index in [1.165, 1.54) is 0 Å². The highest BCUT2D eigenvalue weighted by Crippen LogP contribution is 2.45. The van der Waals surface area contributed by atoms with Gasteiger partial charge >= 0.3 is 0 Å². The molecule has 31 heavy (non-hydrogen) atoms. The van der Waals surface area contributed by atoms with Gasteiger partial charge in [-0.15, -0.1) is 0 Å². The van der Waals surface area contributed by atoms with E-state index >= 15 is 0 Å². The highest BCUT2D eigenvalue weighted by molar-refractivity contribution is 6.32. The van der Waals surface area contributed by atoms with Crippen LogP contribution in [0, 0.1) is 0 Å². The summed E-state index contributed by atoms with van der Waals surface area (Å²) in [5.74, 6) is 2.82. The first kappa shape index (κ1) is 19.4. The van der Waals surface area contributed by atoms with Gasteiger partial charge in [0.1, 0.15) is 28.8 Å². The number of rotatable bonds is 4. The number of allylic oxidation sites excluding steroid dienone is 1. The number of carbonyl (C=O) groups is 1. The third-order valence-electron chi connectivity index (χ3n) is 5.23. The number of methoxy groups -OCH3 is 2. The standard InChI is InChI=1S/C23H18ClNO6/c1-27-19-10-20(28-2)17(9-16(19)24)25-11-15-18(30-12-25)6-5-14-22(26)21(31-23(14)15)8-13-4-3-7-29-13/h3-10H,11-12H2,1-2H3/b21-8-. The van der Waals surface area contributed by atoms with E-state index in [2.05, 4.69) is 0 Å². The zero-order valence-electron chi connectivity index (χ0n) is 16.8. The Hall–Kier alpha value is -3.58. The van der Waals surface area contributed by atoms with Gasteiger partial charge in [-0.25, -0.2) is 0 Å². The lowest BCUT2D eigenvalue weighted by Crippen LogP contribution is -2.32.